The molecule has 0 radical (unpaired) electrons. The minimum absolute atomic E-state index is 0.129. The van der Waals surface area contributed by atoms with E-state index in [1.807, 2.05) is 25.9 Å². The first-order valence-electron chi connectivity index (χ1n) is 14.1. The van der Waals surface area contributed by atoms with Crippen molar-refractivity contribution in [1.82, 2.24) is 19.4 Å². The van der Waals surface area contributed by atoms with Crippen LogP contribution in [0.5, 0.6) is 0 Å². The lowest BCUT2D eigenvalue weighted by Crippen LogP contribution is -2.44. The van der Waals surface area contributed by atoms with E-state index < -0.39 is 23.8 Å². The molecule has 12 heteroatoms. The number of rotatable bonds is 8. The highest BCUT2D eigenvalue weighted by Gasteiger charge is 2.40. The highest BCUT2D eigenvalue weighted by Crippen LogP contribution is 2.30. The Hall–Kier alpha value is -4.12. The largest absolute Gasteiger partial charge is 0.376 e. The lowest BCUT2D eigenvalue weighted by Gasteiger charge is -2.20. The number of anilines is 2. The van der Waals surface area contributed by atoms with E-state index in [-0.39, 0.29) is 30.2 Å². The molecule has 1 aromatic heterocycles. The van der Waals surface area contributed by atoms with Crippen molar-refractivity contribution in [3.05, 3.63) is 67.8 Å². The third-order valence-corrected chi connectivity index (χ3v) is 8.36. The van der Waals surface area contributed by atoms with Crippen molar-refractivity contribution < 1.29 is 14.4 Å². The van der Waals surface area contributed by atoms with Crippen LogP contribution in [0.2, 0.25) is 5.02 Å². The smallest absolute Gasteiger partial charge is 0.331 e. The molecule has 0 unspecified atom stereocenters. The standard InChI is InChI=1S/C30H35ClN6O5/c1-5-36-25-11-9-20(13-21(25)29(41)37(30(36)42)14-18-6-7-18)32-28(40)22-15-35(17(2)38)16-24(22)33-27(39)19-8-10-26(34(3)4)23(31)12-19/h8-13,18,22,24H,5-7,14-16H2,1-4H3,(H,32,40)(H,33,39)/t22-,24+/m0/s1. The van der Waals surface area contributed by atoms with E-state index in [1.54, 1.807) is 41.0 Å². The molecule has 0 spiro atoms. The van der Waals surface area contributed by atoms with Crippen LogP contribution in [0.4, 0.5) is 11.4 Å². The number of amides is 3. The highest BCUT2D eigenvalue weighted by molar-refractivity contribution is 6.33. The molecular formula is C30H35ClN6O5. The number of aryl methyl sites for hydroxylation is 1. The summed E-state index contributed by atoms with van der Waals surface area (Å²) in [6, 6.07) is 9.23. The van der Waals surface area contributed by atoms with Gasteiger partial charge in [-0.3, -0.25) is 28.3 Å². The van der Waals surface area contributed by atoms with Crippen LogP contribution in [-0.2, 0) is 22.7 Å². The lowest BCUT2D eigenvalue weighted by molar-refractivity contribution is -0.128. The topological polar surface area (TPSA) is 126 Å². The number of likely N-dealkylation sites (tertiary alicyclic amines) is 1. The molecule has 3 aromatic rings. The van der Waals surface area contributed by atoms with Gasteiger partial charge in [-0.2, -0.15) is 0 Å². The molecule has 2 aromatic carbocycles. The van der Waals surface area contributed by atoms with Gasteiger partial charge < -0.3 is 20.4 Å². The van der Waals surface area contributed by atoms with Gasteiger partial charge in [0.05, 0.1) is 33.6 Å². The van der Waals surface area contributed by atoms with Crippen LogP contribution in [0.3, 0.4) is 0 Å². The van der Waals surface area contributed by atoms with Gasteiger partial charge >= 0.3 is 5.69 Å². The Morgan fingerprint density at radius 3 is 2.38 bits per heavy atom. The number of benzene rings is 2. The van der Waals surface area contributed by atoms with Gasteiger partial charge in [-0.05, 0) is 62.1 Å². The predicted octanol–water partition coefficient (Wildman–Crippen LogP) is 2.53. The molecular weight excluding hydrogens is 560 g/mol. The summed E-state index contributed by atoms with van der Waals surface area (Å²) >= 11 is 6.36. The summed E-state index contributed by atoms with van der Waals surface area (Å²) in [4.78, 5) is 68.5. The van der Waals surface area contributed by atoms with Gasteiger partial charge in [-0.1, -0.05) is 11.6 Å². The second-order valence-corrected chi connectivity index (χ2v) is 11.7. The number of carbonyl (C=O) groups is 3. The van der Waals surface area contributed by atoms with Gasteiger partial charge in [0.25, 0.3) is 11.5 Å². The zero-order valence-electron chi connectivity index (χ0n) is 24.1. The average molecular weight is 595 g/mol. The summed E-state index contributed by atoms with van der Waals surface area (Å²) < 4.78 is 2.86. The van der Waals surface area contributed by atoms with Gasteiger partial charge in [-0.15, -0.1) is 0 Å². The molecule has 2 aliphatic rings. The fourth-order valence-electron chi connectivity index (χ4n) is 5.50. The summed E-state index contributed by atoms with van der Waals surface area (Å²) in [6.45, 7) is 4.36. The van der Waals surface area contributed by atoms with E-state index in [1.165, 1.54) is 16.4 Å². The second kappa shape index (κ2) is 11.6. The van der Waals surface area contributed by atoms with Gasteiger partial charge in [0, 0.05) is 58.4 Å². The molecule has 2 fully saturated rings. The fourth-order valence-corrected chi connectivity index (χ4v) is 5.85. The molecule has 1 saturated carbocycles. The molecule has 1 saturated heterocycles. The Bertz CT molecular complexity index is 1690. The molecule has 11 nitrogen and oxygen atoms in total. The van der Waals surface area contributed by atoms with Gasteiger partial charge in [-0.25, -0.2) is 4.79 Å². The zero-order chi connectivity index (χ0) is 30.3. The maximum atomic E-state index is 13.5. The van der Waals surface area contributed by atoms with Crippen molar-refractivity contribution in [2.45, 2.75) is 45.8 Å². The second-order valence-electron chi connectivity index (χ2n) is 11.3. The van der Waals surface area contributed by atoms with E-state index in [2.05, 4.69) is 10.6 Å². The zero-order valence-corrected chi connectivity index (χ0v) is 24.9. The van der Waals surface area contributed by atoms with E-state index >= 15 is 0 Å². The third kappa shape index (κ3) is 5.78. The maximum absolute atomic E-state index is 13.5. The summed E-state index contributed by atoms with van der Waals surface area (Å²) in [5.41, 5.74) is 1.29. The molecule has 1 aliphatic carbocycles. The SMILES string of the molecule is CCn1c(=O)n(CC2CC2)c(=O)c2cc(NC(=O)[C@H]3CN(C(C)=O)C[C@H]3NC(=O)c3ccc(N(C)C)c(Cl)c3)ccc21. The fraction of sp³-hybridized carbons (Fsp3) is 0.433. The van der Waals surface area contributed by atoms with Gasteiger partial charge in [0.2, 0.25) is 11.8 Å². The van der Waals surface area contributed by atoms with E-state index in [4.69, 9.17) is 11.6 Å². The third-order valence-electron chi connectivity index (χ3n) is 8.06. The predicted molar refractivity (Wildman–Crippen MR) is 162 cm³/mol. The van der Waals surface area contributed by atoms with Crippen LogP contribution in [0.25, 0.3) is 10.9 Å². The maximum Gasteiger partial charge on any atom is 0.331 e. The van der Waals surface area contributed by atoms with Crippen LogP contribution >= 0.6 is 11.6 Å². The molecule has 2 heterocycles. The van der Waals surface area contributed by atoms with Gasteiger partial charge in [0.1, 0.15) is 0 Å². The van der Waals surface area contributed by atoms with Crippen molar-refractivity contribution in [3.63, 3.8) is 0 Å². The average Bonchev–Trinajstić information content (AvgIpc) is 3.67. The minimum Gasteiger partial charge on any atom is -0.376 e. The summed E-state index contributed by atoms with van der Waals surface area (Å²) in [5.74, 6) is -1.41. The van der Waals surface area contributed by atoms with E-state index in [9.17, 15) is 24.0 Å². The Kier molecular flexibility index (Phi) is 8.14. The van der Waals surface area contributed by atoms with Crippen molar-refractivity contribution in [2.24, 2.45) is 11.8 Å². The molecule has 2 N–H and O–H groups in total. The number of hydrogen-bond donors (Lipinski definition) is 2. The van der Waals surface area contributed by atoms with Crippen LogP contribution in [0.1, 0.15) is 37.0 Å². The first-order valence-corrected chi connectivity index (χ1v) is 14.5. The Balaban J connectivity index is 1.39. The molecule has 5 rings (SSSR count). The van der Waals surface area contributed by atoms with Gasteiger partial charge in [0.15, 0.2) is 0 Å². The first-order chi connectivity index (χ1) is 20.0. The van der Waals surface area contributed by atoms with Crippen LogP contribution < -0.4 is 26.8 Å². The Labute approximate surface area is 248 Å². The minimum atomic E-state index is -0.735. The van der Waals surface area contributed by atoms with Crippen molar-refractivity contribution >= 4 is 51.6 Å². The Morgan fingerprint density at radius 1 is 1.02 bits per heavy atom. The molecule has 3 amide bonds. The van der Waals surface area contributed by atoms with E-state index in [0.29, 0.717) is 46.2 Å². The number of carbonyl (C=O) groups excluding carboxylic acids is 3. The van der Waals surface area contributed by atoms with Crippen LogP contribution in [-0.4, -0.2) is 65.0 Å². The number of nitrogens with one attached hydrogen (secondary N) is 2. The van der Waals surface area contributed by atoms with Crippen molar-refractivity contribution in [1.29, 1.82) is 0 Å². The number of hydrogen-bond acceptors (Lipinski definition) is 6. The summed E-state index contributed by atoms with van der Waals surface area (Å²) in [7, 11) is 3.70. The van der Waals surface area contributed by atoms with Crippen molar-refractivity contribution in [2.75, 3.05) is 37.4 Å². The van der Waals surface area contributed by atoms with Crippen molar-refractivity contribution in [3.8, 4) is 0 Å². The number of halogens is 1. The van der Waals surface area contributed by atoms with E-state index in [0.717, 1.165) is 18.5 Å². The molecule has 2 atom stereocenters. The molecule has 42 heavy (non-hydrogen) atoms. The number of nitrogens with zero attached hydrogens (tertiary/aromatic N) is 4. The quantitative estimate of drug-likeness (QED) is 0.413. The molecule has 1 aliphatic heterocycles. The summed E-state index contributed by atoms with van der Waals surface area (Å²) in [5, 5.41) is 6.53. The molecule has 222 valence electrons. The number of aromatic nitrogens is 2. The Morgan fingerprint density at radius 2 is 1.76 bits per heavy atom. The van der Waals surface area contributed by atoms with Crippen LogP contribution in [0.15, 0.2) is 46.0 Å². The molecule has 0 bridgehead atoms. The monoisotopic (exact) mass is 594 g/mol. The summed E-state index contributed by atoms with van der Waals surface area (Å²) in [6.07, 6.45) is 1.99. The highest BCUT2D eigenvalue weighted by atomic mass is 35.5. The van der Waals surface area contributed by atoms with Crippen LogP contribution in [0, 0.1) is 11.8 Å². The normalized spacial score (nSPS) is 18.3. The first kappa shape index (κ1) is 29.4. The number of fused-ring (bicyclic) bond motifs is 1. The lowest BCUT2D eigenvalue weighted by atomic mass is 10.0.